The van der Waals surface area contributed by atoms with Gasteiger partial charge in [0.15, 0.2) is 11.6 Å². The summed E-state index contributed by atoms with van der Waals surface area (Å²) < 4.78 is 6.92. The quantitative estimate of drug-likeness (QED) is 0.242. The predicted octanol–water partition coefficient (Wildman–Crippen LogP) is 9.11. The first-order valence-electron chi connectivity index (χ1n) is 14.0. The summed E-state index contributed by atoms with van der Waals surface area (Å²) >= 11 is 0. The first kappa shape index (κ1) is 26.2. The minimum atomic E-state index is -2.23. The summed E-state index contributed by atoms with van der Waals surface area (Å²) in [5.74, 6) is 0.490. The van der Waals surface area contributed by atoms with Crippen LogP contribution in [0.3, 0.4) is 0 Å². The zero-order chi connectivity index (χ0) is 28.2. The van der Waals surface area contributed by atoms with Crippen LogP contribution in [0, 0.1) is 0 Å². The van der Waals surface area contributed by atoms with Crippen LogP contribution in [0.4, 0.5) is 0 Å². The van der Waals surface area contributed by atoms with Crippen molar-refractivity contribution >= 4 is 19.9 Å². The zero-order valence-electron chi connectivity index (χ0n) is 23.8. The second-order valence-corrected chi connectivity index (χ2v) is 17.1. The zero-order valence-corrected chi connectivity index (χ0v) is 24.8. The molecule has 0 N–H and O–H groups in total. The van der Waals surface area contributed by atoms with Crippen LogP contribution in [0.15, 0.2) is 91.0 Å². The van der Waals surface area contributed by atoms with E-state index < -0.39 is 8.32 Å². The summed E-state index contributed by atoms with van der Waals surface area (Å²) in [7, 11) is -2.23. The minimum Gasteiger partial charge on any atom is -0.543 e. The van der Waals surface area contributed by atoms with Crippen molar-refractivity contribution in [1.82, 2.24) is 0 Å². The molecule has 0 atom stereocenters. The molecule has 0 aromatic heterocycles. The van der Waals surface area contributed by atoms with Gasteiger partial charge in [-0.2, -0.15) is 0 Å². The van der Waals surface area contributed by atoms with Gasteiger partial charge < -0.3 is 4.43 Å². The molecule has 0 radical (unpaired) electrons. The summed E-state index contributed by atoms with van der Waals surface area (Å²) in [6.07, 6.45) is 4.42. The standard InChI is InChI=1S/C36H34O3Si/c1-36(2,3)40(4,5)39-32-22-29-30(37)20-21-31(38)34(29)35-28(32)19-18-24-14-11-17-27(33(24)35)26-16-10-9-15-25(26)23-12-7-6-8-13-23/h6-17,20-22H,18-19H2,1-5H3. The molecule has 200 valence electrons. The number of carbonyl (C=O) groups excluding carboxylic acids is 2. The van der Waals surface area contributed by atoms with Crippen LogP contribution in [0.2, 0.25) is 18.1 Å². The molecule has 2 aliphatic carbocycles. The maximum atomic E-state index is 13.5. The molecule has 0 fully saturated rings. The molecule has 0 unspecified atom stereocenters. The van der Waals surface area contributed by atoms with Crippen LogP contribution in [-0.2, 0) is 12.8 Å². The Morgan fingerprint density at radius 3 is 2.02 bits per heavy atom. The molecule has 3 nitrogen and oxygen atoms in total. The Balaban J connectivity index is 1.67. The number of aryl methyl sites for hydroxylation is 1. The van der Waals surface area contributed by atoms with Crippen molar-refractivity contribution in [3.63, 3.8) is 0 Å². The molecule has 0 saturated carbocycles. The number of rotatable bonds is 4. The van der Waals surface area contributed by atoms with Gasteiger partial charge in [0.1, 0.15) is 5.75 Å². The van der Waals surface area contributed by atoms with Gasteiger partial charge in [-0.3, -0.25) is 9.59 Å². The number of hydrogen-bond donors (Lipinski definition) is 0. The van der Waals surface area contributed by atoms with E-state index in [1.807, 2.05) is 12.1 Å². The van der Waals surface area contributed by atoms with Crippen molar-refractivity contribution in [3.8, 4) is 39.1 Å². The van der Waals surface area contributed by atoms with E-state index >= 15 is 0 Å². The fraction of sp³-hybridized carbons (Fsp3) is 0.222. The van der Waals surface area contributed by atoms with E-state index in [0.717, 1.165) is 57.5 Å². The number of ketones is 2. The lowest BCUT2D eigenvalue weighted by Crippen LogP contribution is -2.44. The third kappa shape index (κ3) is 4.27. The normalized spacial score (nSPS) is 14.4. The number of carbonyl (C=O) groups is 2. The second-order valence-electron chi connectivity index (χ2n) is 12.3. The highest BCUT2D eigenvalue weighted by molar-refractivity contribution is 6.74. The molecule has 0 heterocycles. The topological polar surface area (TPSA) is 43.4 Å². The molecule has 6 rings (SSSR count). The fourth-order valence-corrected chi connectivity index (χ4v) is 6.73. The summed E-state index contributed by atoms with van der Waals surface area (Å²) in [6, 6.07) is 27.1. The average Bonchev–Trinajstić information content (AvgIpc) is 2.94. The second kappa shape index (κ2) is 9.56. The van der Waals surface area contributed by atoms with Gasteiger partial charge in [-0.1, -0.05) is 93.6 Å². The summed E-state index contributed by atoms with van der Waals surface area (Å²) in [4.78, 5) is 26.8. The van der Waals surface area contributed by atoms with E-state index in [4.69, 9.17) is 4.43 Å². The van der Waals surface area contributed by atoms with Gasteiger partial charge in [0.05, 0.1) is 0 Å². The molecule has 0 bridgehead atoms. The van der Waals surface area contributed by atoms with Gasteiger partial charge in [-0.05, 0) is 82.6 Å². The first-order valence-corrected chi connectivity index (χ1v) is 16.9. The van der Waals surface area contributed by atoms with Crippen LogP contribution in [0.25, 0.3) is 33.4 Å². The Labute approximate surface area is 237 Å². The van der Waals surface area contributed by atoms with Gasteiger partial charge in [0.25, 0.3) is 0 Å². The average molecular weight is 543 g/mol. The van der Waals surface area contributed by atoms with Crippen molar-refractivity contribution in [3.05, 3.63) is 113 Å². The molecule has 0 spiro atoms. The van der Waals surface area contributed by atoms with Crippen LogP contribution in [-0.4, -0.2) is 19.9 Å². The number of allylic oxidation sites excluding steroid dienone is 2. The van der Waals surface area contributed by atoms with Crippen molar-refractivity contribution in [2.24, 2.45) is 0 Å². The van der Waals surface area contributed by atoms with E-state index in [-0.39, 0.29) is 16.6 Å². The van der Waals surface area contributed by atoms with E-state index in [1.54, 1.807) is 0 Å². The maximum Gasteiger partial charge on any atom is 0.250 e. The summed E-state index contributed by atoms with van der Waals surface area (Å²) in [5.41, 5.74) is 9.54. The van der Waals surface area contributed by atoms with E-state index in [1.165, 1.54) is 17.7 Å². The Kier molecular flexibility index (Phi) is 6.27. The molecule has 40 heavy (non-hydrogen) atoms. The van der Waals surface area contributed by atoms with Crippen LogP contribution in [0.5, 0.6) is 5.75 Å². The monoisotopic (exact) mass is 542 g/mol. The molecular formula is C36H34O3Si. The van der Waals surface area contributed by atoms with E-state index in [2.05, 4.69) is 101 Å². The molecular weight excluding hydrogens is 508 g/mol. The molecule has 0 amide bonds. The Bertz CT molecular complexity index is 1700. The number of fused-ring (bicyclic) bond motifs is 5. The molecule has 0 saturated heterocycles. The van der Waals surface area contributed by atoms with Gasteiger partial charge in [-0.15, -0.1) is 0 Å². The third-order valence-electron chi connectivity index (χ3n) is 8.81. The van der Waals surface area contributed by atoms with Gasteiger partial charge >= 0.3 is 0 Å². The Hall–Kier alpha value is -4.02. The van der Waals surface area contributed by atoms with E-state index in [9.17, 15) is 9.59 Å². The first-order chi connectivity index (χ1) is 19.1. The highest BCUT2D eigenvalue weighted by Gasteiger charge is 2.41. The van der Waals surface area contributed by atoms with Crippen LogP contribution >= 0.6 is 0 Å². The highest BCUT2D eigenvalue weighted by Crippen LogP contribution is 2.50. The predicted molar refractivity (Wildman–Crippen MR) is 166 cm³/mol. The summed E-state index contributed by atoms with van der Waals surface area (Å²) in [6.45, 7) is 11.1. The third-order valence-corrected chi connectivity index (χ3v) is 13.2. The van der Waals surface area contributed by atoms with Crippen molar-refractivity contribution in [2.45, 2.75) is 51.7 Å². The number of benzene rings is 4. The van der Waals surface area contributed by atoms with Crippen molar-refractivity contribution < 1.29 is 14.0 Å². The molecule has 2 aliphatic rings. The van der Waals surface area contributed by atoms with Crippen molar-refractivity contribution in [1.29, 1.82) is 0 Å². The van der Waals surface area contributed by atoms with Gasteiger partial charge in [0.2, 0.25) is 8.32 Å². The van der Waals surface area contributed by atoms with Crippen molar-refractivity contribution in [2.75, 3.05) is 0 Å². The smallest absolute Gasteiger partial charge is 0.250 e. The van der Waals surface area contributed by atoms with Gasteiger partial charge in [0, 0.05) is 22.3 Å². The molecule has 4 heteroatoms. The van der Waals surface area contributed by atoms with Crippen LogP contribution in [0.1, 0.15) is 52.6 Å². The summed E-state index contributed by atoms with van der Waals surface area (Å²) in [5, 5.41) is -0.0120. The highest BCUT2D eigenvalue weighted by atomic mass is 28.4. The lowest BCUT2D eigenvalue weighted by Gasteiger charge is -2.38. The maximum absolute atomic E-state index is 13.5. The SMILES string of the molecule is CC(C)(C)[Si](C)(C)Oc1cc2c(c3c1CCc1cccc(-c4ccccc4-c4ccccc4)c1-3)C(=O)C=CC2=O. The minimum absolute atomic E-state index is 0.0120. The lowest BCUT2D eigenvalue weighted by atomic mass is 9.75. The van der Waals surface area contributed by atoms with E-state index in [0.29, 0.717) is 11.1 Å². The fourth-order valence-electron chi connectivity index (χ4n) is 5.69. The Morgan fingerprint density at radius 2 is 1.30 bits per heavy atom. The van der Waals surface area contributed by atoms with Gasteiger partial charge in [-0.25, -0.2) is 0 Å². The molecule has 4 aromatic carbocycles. The largest absolute Gasteiger partial charge is 0.543 e. The lowest BCUT2D eigenvalue weighted by molar-refractivity contribution is 0.0994. The number of hydrogen-bond acceptors (Lipinski definition) is 3. The molecule has 0 aliphatic heterocycles. The van der Waals surface area contributed by atoms with Crippen LogP contribution < -0.4 is 4.43 Å². The molecule has 4 aromatic rings. The Morgan fingerprint density at radius 1 is 0.650 bits per heavy atom.